The Bertz CT molecular complexity index is 899. The summed E-state index contributed by atoms with van der Waals surface area (Å²) < 4.78 is 37.0. The van der Waals surface area contributed by atoms with Gasteiger partial charge in [0.1, 0.15) is 0 Å². The average Bonchev–Trinajstić information content (AvgIpc) is 2.60. The SMILES string of the molecule is O=C1C(O)=C(CCc2ccc(SC(F)(F)F)cc2)C(=O)c2ccccc21. The van der Waals surface area contributed by atoms with Gasteiger partial charge in [0.05, 0.1) is 0 Å². The summed E-state index contributed by atoms with van der Waals surface area (Å²) in [7, 11) is 0. The molecule has 0 saturated heterocycles. The van der Waals surface area contributed by atoms with Gasteiger partial charge in [0.25, 0.3) is 0 Å². The predicted octanol–water partition coefficient (Wildman–Crippen LogP) is 5.12. The van der Waals surface area contributed by atoms with Crippen molar-refractivity contribution < 1.29 is 27.9 Å². The number of benzene rings is 2. The Balaban J connectivity index is 1.74. The van der Waals surface area contributed by atoms with Crippen molar-refractivity contribution in [2.24, 2.45) is 0 Å². The van der Waals surface area contributed by atoms with E-state index in [4.69, 9.17) is 0 Å². The van der Waals surface area contributed by atoms with Gasteiger partial charge in [0.2, 0.25) is 5.78 Å². The van der Waals surface area contributed by atoms with Crippen LogP contribution < -0.4 is 0 Å². The van der Waals surface area contributed by atoms with Crippen molar-refractivity contribution in [3.05, 3.63) is 76.6 Å². The molecule has 26 heavy (non-hydrogen) atoms. The number of hydrogen-bond donors (Lipinski definition) is 1. The van der Waals surface area contributed by atoms with E-state index in [0.29, 0.717) is 12.0 Å². The molecule has 0 atom stereocenters. The first-order valence-corrected chi connectivity index (χ1v) is 8.53. The molecule has 0 heterocycles. The van der Waals surface area contributed by atoms with Crippen molar-refractivity contribution in [2.45, 2.75) is 23.2 Å². The second kappa shape index (κ2) is 6.99. The summed E-state index contributed by atoms with van der Waals surface area (Å²) in [5.41, 5.74) is -3.19. The molecule has 0 radical (unpaired) electrons. The smallest absolute Gasteiger partial charge is 0.446 e. The molecule has 0 fully saturated rings. The molecule has 0 amide bonds. The number of carbonyl (C=O) groups excluding carboxylic acids is 2. The quantitative estimate of drug-likeness (QED) is 0.750. The minimum Gasteiger partial charge on any atom is -0.504 e. The highest BCUT2D eigenvalue weighted by molar-refractivity contribution is 8.00. The number of ketones is 2. The molecule has 0 aliphatic heterocycles. The number of Topliss-reactive ketones (excluding diaryl/α,β-unsaturated/α-hetero) is 2. The maximum Gasteiger partial charge on any atom is 0.446 e. The molecule has 0 bridgehead atoms. The van der Waals surface area contributed by atoms with E-state index in [-0.39, 0.29) is 39.8 Å². The second-order valence-electron chi connectivity index (χ2n) is 5.72. The second-order valence-corrected chi connectivity index (χ2v) is 6.86. The van der Waals surface area contributed by atoms with Crippen molar-refractivity contribution in [1.82, 2.24) is 0 Å². The first kappa shape index (κ1) is 18.3. The molecule has 2 aromatic rings. The number of aliphatic hydroxyl groups excluding tert-OH is 1. The average molecular weight is 378 g/mol. The summed E-state index contributed by atoms with van der Waals surface area (Å²) >= 11 is -0.199. The zero-order valence-electron chi connectivity index (χ0n) is 13.3. The zero-order valence-corrected chi connectivity index (χ0v) is 14.2. The van der Waals surface area contributed by atoms with E-state index in [1.54, 1.807) is 12.1 Å². The van der Waals surface area contributed by atoms with Gasteiger partial charge in [0.15, 0.2) is 11.5 Å². The number of allylic oxidation sites excluding steroid dienone is 2. The Morgan fingerprint density at radius 2 is 1.42 bits per heavy atom. The first-order valence-electron chi connectivity index (χ1n) is 7.71. The van der Waals surface area contributed by atoms with Crippen LogP contribution in [0.15, 0.2) is 64.8 Å². The summed E-state index contributed by atoms with van der Waals surface area (Å²) in [4.78, 5) is 24.8. The summed E-state index contributed by atoms with van der Waals surface area (Å²) in [6.07, 6.45) is 0.439. The fourth-order valence-electron chi connectivity index (χ4n) is 2.77. The van der Waals surface area contributed by atoms with Crippen LogP contribution in [-0.2, 0) is 6.42 Å². The molecule has 7 heteroatoms. The van der Waals surface area contributed by atoms with Gasteiger partial charge in [-0.25, -0.2) is 0 Å². The third kappa shape index (κ3) is 3.83. The van der Waals surface area contributed by atoms with Crippen molar-refractivity contribution in [3.8, 4) is 0 Å². The molecule has 1 N–H and O–H groups in total. The molecule has 0 unspecified atom stereocenters. The highest BCUT2D eigenvalue weighted by Crippen LogP contribution is 2.37. The van der Waals surface area contributed by atoms with Crippen LogP contribution in [0, 0.1) is 0 Å². The number of aliphatic hydroxyl groups is 1. The van der Waals surface area contributed by atoms with Crippen molar-refractivity contribution in [2.75, 3.05) is 0 Å². The fraction of sp³-hybridized carbons (Fsp3) is 0.158. The van der Waals surface area contributed by atoms with E-state index in [0.717, 1.165) is 0 Å². The van der Waals surface area contributed by atoms with Crippen LogP contribution in [0.25, 0.3) is 0 Å². The van der Waals surface area contributed by atoms with Gasteiger partial charge < -0.3 is 5.11 Å². The van der Waals surface area contributed by atoms with E-state index in [9.17, 15) is 27.9 Å². The number of hydrogen-bond acceptors (Lipinski definition) is 4. The Labute approximate surface area is 151 Å². The number of thioether (sulfide) groups is 1. The maximum absolute atomic E-state index is 12.5. The molecule has 0 spiro atoms. The molecule has 134 valence electrons. The lowest BCUT2D eigenvalue weighted by molar-refractivity contribution is -0.0328. The lowest BCUT2D eigenvalue weighted by atomic mass is 9.86. The van der Waals surface area contributed by atoms with Gasteiger partial charge in [-0.2, -0.15) is 13.2 Å². The predicted molar refractivity (Wildman–Crippen MR) is 91.4 cm³/mol. The number of alkyl halides is 3. The molecular weight excluding hydrogens is 365 g/mol. The van der Waals surface area contributed by atoms with E-state index >= 15 is 0 Å². The molecular formula is C19H13F3O3S. The summed E-state index contributed by atoms with van der Waals surface area (Å²) in [6.45, 7) is 0. The molecule has 1 aliphatic carbocycles. The van der Waals surface area contributed by atoms with Crippen LogP contribution in [-0.4, -0.2) is 22.2 Å². The molecule has 0 saturated carbocycles. The summed E-state index contributed by atoms with van der Waals surface area (Å²) in [5, 5.41) is 10.1. The number of fused-ring (bicyclic) bond motifs is 1. The van der Waals surface area contributed by atoms with Gasteiger partial charge >= 0.3 is 5.51 Å². The van der Waals surface area contributed by atoms with E-state index in [1.807, 2.05) is 0 Å². The summed E-state index contributed by atoms with van der Waals surface area (Å²) in [5.74, 6) is -1.55. The van der Waals surface area contributed by atoms with Crippen LogP contribution in [0.1, 0.15) is 32.7 Å². The van der Waals surface area contributed by atoms with Crippen LogP contribution in [0.3, 0.4) is 0 Å². The lowest BCUT2D eigenvalue weighted by Crippen LogP contribution is -2.22. The van der Waals surface area contributed by atoms with Crippen LogP contribution in [0.5, 0.6) is 0 Å². The maximum atomic E-state index is 12.5. The lowest BCUT2D eigenvalue weighted by Gasteiger charge is -2.17. The third-order valence-electron chi connectivity index (χ3n) is 4.01. The van der Waals surface area contributed by atoms with Crippen LogP contribution in [0.4, 0.5) is 13.2 Å². The monoisotopic (exact) mass is 378 g/mol. The Kier molecular flexibility index (Phi) is 4.91. The van der Waals surface area contributed by atoms with Gasteiger partial charge in [-0.3, -0.25) is 9.59 Å². The van der Waals surface area contributed by atoms with Gasteiger partial charge in [-0.15, -0.1) is 0 Å². The molecule has 1 aliphatic rings. The van der Waals surface area contributed by atoms with Gasteiger partial charge in [0, 0.05) is 21.6 Å². The molecule has 0 aromatic heterocycles. The van der Waals surface area contributed by atoms with Crippen molar-refractivity contribution in [1.29, 1.82) is 0 Å². The van der Waals surface area contributed by atoms with Gasteiger partial charge in [-0.1, -0.05) is 36.4 Å². The normalized spacial score (nSPS) is 14.6. The molecule has 2 aromatic carbocycles. The number of aryl methyl sites for hydroxylation is 1. The van der Waals surface area contributed by atoms with E-state index in [2.05, 4.69) is 0 Å². The minimum absolute atomic E-state index is 0.0300. The third-order valence-corrected chi connectivity index (χ3v) is 4.75. The minimum atomic E-state index is -4.35. The summed E-state index contributed by atoms with van der Waals surface area (Å²) in [6, 6.07) is 12.0. The Morgan fingerprint density at radius 3 is 2.00 bits per heavy atom. The van der Waals surface area contributed by atoms with E-state index in [1.165, 1.54) is 36.4 Å². The number of rotatable bonds is 4. The van der Waals surface area contributed by atoms with Crippen LogP contribution >= 0.6 is 11.8 Å². The zero-order chi connectivity index (χ0) is 18.9. The number of halogens is 3. The highest BCUT2D eigenvalue weighted by atomic mass is 32.2. The first-order chi connectivity index (χ1) is 12.3. The highest BCUT2D eigenvalue weighted by Gasteiger charge is 2.31. The Morgan fingerprint density at radius 1 is 0.846 bits per heavy atom. The number of carbonyl (C=O) groups is 2. The largest absolute Gasteiger partial charge is 0.504 e. The van der Waals surface area contributed by atoms with Crippen molar-refractivity contribution in [3.63, 3.8) is 0 Å². The Hall–Kier alpha value is -2.54. The standard InChI is InChI=1S/C19H13F3O3S/c20-19(21,22)26-12-8-5-11(6-9-12)7-10-15-16(23)13-3-1-2-4-14(13)17(24)18(15)25/h1-6,8-9,25H,7,10H2. The molecule has 3 rings (SSSR count). The fourth-order valence-corrected chi connectivity index (χ4v) is 3.31. The molecule has 3 nitrogen and oxygen atoms in total. The van der Waals surface area contributed by atoms with E-state index < -0.39 is 22.8 Å². The van der Waals surface area contributed by atoms with Crippen LogP contribution in [0.2, 0.25) is 0 Å². The topological polar surface area (TPSA) is 54.4 Å². The van der Waals surface area contributed by atoms with Gasteiger partial charge in [-0.05, 0) is 42.3 Å². The van der Waals surface area contributed by atoms with Crippen molar-refractivity contribution >= 4 is 23.3 Å².